The average Bonchev–Trinajstić information content (AvgIpc) is 3.00. The van der Waals surface area contributed by atoms with Gasteiger partial charge in [-0.25, -0.2) is 0 Å². The Morgan fingerprint density at radius 2 is 0.950 bits per heavy atom. The van der Waals surface area contributed by atoms with Crippen LogP contribution in [0.4, 0.5) is 22.7 Å². The van der Waals surface area contributed by atoms with Crippen LogP contribution in [0.1, 0.15) is 23.1 Å². The number of hydrogen-bond acceptors (Lipinski definition) is 2. The standard InChI is InChI=1S/C38H34N2/c1-30-14-12-22-36(28-30)40(37-23-13-15-31(2)29-37)38(26-24-33(25-27-38)32-16-6-3-7-17-32)39(34-18-8-4-9-19-34)35-20-10-5-11-21-35/h3-26,28-29H,27H2,1-2H3. The number of hydrogen-bond donors (Lipinski definition) is 0. The molecule has 6 rings (SSSR count). The molecule has 5 aromatic rings. The molecule has 0 fully saturated rings. The molecule has 0 heterocycles. The van der Waals surface area contributed by atoms with E-state index in [0.717, 1.165) is 29.2 Å². The minimum Gasteiger partial charge on any atom is -0.314 e. The Morgan fingerprint density at radius 1 is 0.500 bits per heavy atom. The highest BCUT2D eigenvalue weighted by atomic mass is 15.4. The second-order valence-corrected chi connectivity index (χ2v) is 10.5. The summed E-state index contributed by atoms with van der Waals surface area (Å²) in [6.45, 7) is 4.34. The van der Waals surface area contributed by atoms with Crippen molar-refractivity contribution in [2.45, 2.75) is 25.9 Å². The number of nitrogens with zero attached hydrogens (tertiary/aromatic N) is 2. The summed E-state index contributed by atoms with van der Waals surface area (Å²) in [6, 6.07) is 49.9. The molecule has 1 unspecified atom stereocenters. The van der Waals surface area contributed by atoms with E-state index < -0.39 is 5.66 Å². The summed E-state index contributed by atoms with van der Waals surface area (Å²) in [4.78, 5) is 5.01. The lowest BCUT2D eigenvalue weighted by atomic mass is 9.88. The molecule has 0 aromatic heterocycles. The van der Waals surface area contributed by atoms with Gasteiger partial charge in [0.15, 0.2) is 0 Å². The van der Waals surface area contributed by atoms with Crippen LogP contribution in [-0.2, 0) is 0 Å². The van der Waals surface area contributed by atoms with E-state index in [1.54, 1.807) is 0 Å². The Labute approximate surface area is 238 Å². The van der Waals surface area contributed by atoms with Gasteiger partial charge in [0.2, 0.25) is 0 Å². The lowest BCUT2D eigenvalue weighted by molar-refractivity contribution is 0.526. The van der Waals surface area contributed by atoms with Crippen LogP contribution < -0.4 is 9.80 Å². The van der Waals surface area contributed by atoms with Crippen LogP contribution in [0, 0.1) is 13.8 Å². The highest BCUT2D eigenvalue weighted by molar-refractivity contribution is 5.82. The summed E-state index contributed by atoms with van der Waals surface area (Å²) >= 11 is 0. The Morgan fingerprint density at radius 3 is 1.40 bits per heavy atom. The minimum atomic E-state index is -0.567. The molecule has 0 spiro atoms. The normalized spacial score (nSPS) is 16.3. The van der Waals surface area contributed by atoms with E-state index in [9.17, 15) is 0 Å². The van der Waals surface area contributed by atoms with Crippen LogP contribution in [0.5, 0.6) is 0 Å². The second kappa shape index (κ2) is 11.1. The molecule has 1 atom stereocenters. The third kappa shape index (κ3) is 4.97. The fraction of sp³-hybridized carbons (Fsp3) is 0.105. The van der Waals surface area contributed by atoms with Crippen molar-refractivity contribution in [2.24, 2.45) is 0 Å². The molecule has 0 bridgehead atoms. The van der Waals surface area contributed by atoms with Gasteiger partial charge in [0.25, 0.3) is 0 Å². The van der Waals surface area contributed by atoms with Crippen molar-refractivity contribution in [1.82, 2.24) is 0 Å². The van der Waals surface area contributed by atoms with Crippen molar-refractivity contribution in [3.8, 4) is 0 Å². The maximum absolute atomic E-state index is 2.52. The van der Waals surface area contributed by atoms with E-state index in [-0.39, 0.29) is 0 Å². The molecule has 0 aliphatic heterocycles. The maximum atomic E-state index is 2.52. The molecule has 40 heavy (non-hydrogen) atoms. The lowest BCUT2D eigenvalue weighted by Gasteiger charge is -2.52. The van der Waals surface area contributed by atoms with Gasteiger partial charge in [-0.2, -0.15) is 0 Å². The second-order valence-electron chi connectivity index (χ2n) is 10.5. The maximum Gasteiger partial charge on any atom is 0.145 e. The topological polar surface area (TPSA) is 6.48 Å². The van der Waals surface area contributed by atoms with Crippen molar-refractivity contribution < 1.29 is 0 Å². The number of aryl methyl sites for hydroxylation is 2. The molecule has 2 nitrogen and oxygen atoms in total. The fourth-order valence-corrected chi connectivity index (χ4v) is 5.78. The summed E-state index contributed by atoms with van der Waals surface area (Å²) in [7, 11) is 0. The molecule has 5 aromatic carbocycles. The predicted octanol–water partition coefficient (Wildman–Crippen LogP) is 10.0. The molecule has 0 amide bonds. The Bertz CT molecular complexity index is 1550. The zero-order chi connectivity index (χ0) is 27.4. The monoisotopic (exact) mass is 518 g/mol. The van der Waals surface area contributed by atoms with E-state index in [2.05, 4.69) is 181 Å². The first-order valence-electron chi connectivity index (χ1n) is 13.9. The third-order valence-electron chi connectivity index (χ3n) is 7.58. The molecule has 0 saturated heterocycles. The van der Waals surface area contributed by atoms with Gasteiger partial charge in [-0.3, -0.25) is 0 Å². The van der Waals surface area contributed by atoms with Crippen molar-refractivity contribution in [3.63, 3.8) is 0 Å². The highest BCUT2D eigenvalue weighted by Gasteiger charge is 2.43. The largest absolute Gasteiger partial charge is 0.314 e. The molecular weight excluding hydrogens is 484 g/mol. The molecule has 2 heteroatoms. The van der Waals surface area contributed by atoms with Crippen LogP contribution >= 0.6 is 0 Å². The fourth-order valence-electron chi connectivity index (χ4n) is 5.78. The summed E-state index contributed by atoms with van der Waals surface area (Å²) in [5.74, 6) is 0. The first-order chi connectivity index (χ1) is 19.6. The zero-order valence-electron chi connectivity index (χ0n) is 23.1. The van der Waals surface area contributed by atoms with Gasteiger partial charge in [0.1, 0.15) is 5.66 Å². The van der Waals surface area contributed by atoms with Crippen LogP contribution in [0.3, 0.4) is 0 Å². The minimum absolute atomic E-state index is 0.567. The molecule has 1 aliphatic carbocycles. The Kier molecular flexibility index (Phi) is 7.08. The van der Waals surface area contributed by atoms with Gasteiger partial charge in [0.05, 0.1) is 0 Å². The van der Waals surface area contributed by atoms with Gasteiger partial charge in [0, 0.05) is 29.2 Å². The Hall–Kier alpha value is -4.82. The highest BCUT2D eigenvalue weighted by Crippen LogP contribution is 2.47. The smallest absolute Gasteiger partial charge is 0.145 e. The quantitative estimate of drug-likeness (QED) is 0.198. The molecule has 196 valence electrons. The van der Waals surface area contributed by atoms with Crippen LogP contribution in [0.25, 0.3) is 5.57 Å². The predicted molar refractivity (Wildman–Crippen MR) is 170 cm³/mol. The van der Waals surface area contributed by atoms with Crippen molar-refractivity contribution in [1.29, 1.82) is 0 Å². The molecule has 0 N–H and O–H groups in total. The van der Waals surface area contributed by atoms with E-state index in [0.29, 0.717) is 0 Å². The van der Waals surface area contributed by atoms with Crippen LogP contribution in [0.2, 0.25) is 0 Å². The van der Waals surface area contributed by atoms with Crippen LogP contribution in [0.15, 0.2) is 158 Å². The van der Waals surface area contributed by atoms with E-state index >= 15 is 0 Å². The first kappa shape index (κ1) is 25.5. The number of anilines is 4. The molecule has 1 aliphatic rings. The van der Waals surface area contributed by atoms with Gasteiger partial charge in [-0.05, 0) is 90.7 Å². The van der Waals surface area contributed by atoms with Gasteiger partial charge >= 0.3 is 0 Å². The molecular formula is C38H34N2. The zero-order valence-corrected chi connectivity index (χ0v) is 23.1. The third-order valence-corrected chi connectivity index (χ3v) is 7.58. The van der Waals surface area contributed by atoms with E-state index in [4.69, 9.17) is 0 Å². The SMILES string of the molecule is Cc1cccc(N(c2cccc(C)c2)C2(N(c3ccccc3)c3ccccc3)C=CC(c3ccccc3)=CC2)c1. The van der Waals surface area contributed by atoms with Crippen molar-refractivity contribution in [2.75, 3.05) is 9.80 Å². The molecule has 0 saturated carbocycles. The van der Waals surface area contributed by atoms with Gasteiger partial charge < -0.3 is 9.80 Å². The first-order valence-corrected chi connectivity index (χ1v) is 13.9. The Balaban J connectivity index is 1.63. The van der Waals surface area contributed by atoms with Gasteiger partial charge in [-0.15, -0.1) is 0 Å². The summed E-state index contributed by atoms with van der Waals surface area (Å²) < 4.78 is 0. The number of rotatable bonds is 7. The van der Waals surface area contributed by atoms with E-state index in [1.807, 2.05) is 0 Å². The van der Waals surface area contributed by atoms with E-state index in [1.165, 1.54) is 22.3 Å². The van der Waals surface area contributed by atoms with Gasteiger partial charge in [-0.1, -0.05) is 103 Å². The summed E-state index contributed by atoms with van der Waals surface area (Å²) in [5.41, 5.74) is 8.96. The summed E-state index contributed by atoms with van der Waals surface area (Å²) in [5, 5.41) is 0. The van der Waals surface area contributed by atoms with Crippen molar-refractivity contribution >= 4 is 28.3 Å². The number of benzene rings is 5. The molecule has 0 radical (unpaired) electrons. The van der Waals surface area contributed by atoms with Crippen molar-refractivity contribution in [3.05, 3.63) is 174 Å². The average molecular weight is 519 g/mol. The number of allylic oxidation sites excluding steroid dienone is 2. The van der Waals surface area contributed by atoms with Crippen LogP contribution in [-0.4, -0.2) is 5.66 Å². The lowest BCUT2D eigenvalue weighted by Crippen LogP contribution is -2.57. The number of para-hydroxylation sites is 2. The summed E-state index contributed by atoms with van der Waals surface area (Å²) in [6.07, 6.45) is 7.88.